The molecule has 1 amide bonds. The van der Waals surface area contributed by atoms with Crippen molar-refractivity contribution in [3.8, 4) is 11.5 Å². The van der Waals surface area contributed by atoms with Gasteiger partial charge in [0.25, 0.3) is 11.6 Å². The van der Waals surface area contributed by atoms with E-state index >= 15 is 0 Å². The Kier molecular flexibility index (Phi) is 8.17. The normalized spacial score (nSPS) is 11.8. The highest BCUT2D eigenvalue weighted by molar-refractivity contribution is 5.99. The van der Waals surface area contributed by atoms with Gasteiger partial charge in [0.2, 0.25) is 0 Å². The number of likely N-dealkylation sites (N-methyl/N-ethyl adjacent to an activating group) is 1. The number of carbonyl (C=O) groups is 1. The van der Waals surface area contributed by atoms with E-state index in [1.165, 1.54) is 24.8 Å². The lowest BCUT2D eigenvalue weighted by Gasteiger charge is -2.25. The summed E-state index contributed by atoms with van der Waals surface area (Å²) in [4.78, 5) is 25.8. The first-order valence-corrected chi connectivity index (χ1v) is 9.84. The topological polar surface area (TPSA) is 93.9 Å². The van der Waals surface area contributed by atoms with Crippen LogP contribution in [0.5, 0.6) is 11.5 Å². The lowest BCUT2D eigenvalue weighted by Crippen LogP contribution is -2.34. The van der Waals surface area contributed by atoms with Gasteiger partial charge < -0.3 is 19.7 Å². The van der Waals surface area contributed by atoms with Crippen molar-refractivity contribution in [2.24, 2.45) is 0 Å². The second kappa shape index (κ2) is 10.6. The molecule has 8 heteroatoms. The number of amides is 1. The first kappa shape index (κ1) is 23.2. The summed E-state index contributed by atoms with van der Waals surface area (Å²) in [6.45, 7) is 4.51. The van der Waals surface area contributed by atoms with Gasteiger partial charge in [-0.1, -0.05) is 31.2 Å². The number of hydrogen-bond acceptors (Lipinski definition) is 6. The van der Waals surface area contributed by atoms with Crippen LogP contribution in [0.3, 0.4) is 0 Å². The average molecular weight is 415 g/mol. The SMILES string of the molecule is CCOc1cc(C(=O)NC[C@H](c2ccc(CC)cc2)N(C)C)c([N+](=O)[O-])cc1OC. The summed E-state index contributed by atoms with van der Waals surface area (Å²) >= 11 is 0. The highest BCUT2D eigenvalue weighted by atomic mass is 16.6. The molecule has 0 saturated carbocycles. The molecule has 0 saturated heterocycles. The second-order valence-electron chi connectivity index (χ2n) is 6.99. The average Bonchev–Trinajstić information content (AvgIpc) is 2.73. The molecule has 0 aliphatic heterocycles. The summed E-state index contributed by atoms with van der Waals surface area (Å²) in [6.07, 6.45) is 0.951. The Hall–Kier alpha value is -3.13. The van der Waals surface area contributed by atoms with Crippen LogP contribution < -0.4 is 14.8 Å². The van der Waals surface area contributed by atoms with Gasteiger partial charge in [-0.2, -0.15) is 0 Å². The fourth-order valence-corrected chi connectivity index (χ4v) is 3.17. The fraction of sp³-hybridized carbons (Fsp3) is 0.409. The molecule has 30 heavy (non-hydrogen) atoms. The van der Waals surface area contributed by atoms with E-state index in [4.69, 9.17) is 9.47 Å². The molecule has 162 valence electrons. The van der Waals surface area contributed by atoms with E-state index in [1.807, 2.05) is 31.1 Å². The Morgan fingerprint density at radius 3 is 2.33 bits per heavy atom. The van der Waals surface area contributed by atoms with Crippen molar-refractivity contribution in [3.05, 3.63) is 63.2 Å². The number of rotatable bonds is 10. The van der Waals surface area contributed by atoms with Crippen molar-refractivity contribution in [2.45, 2.75) is 26.3 Å². The molecular formula is C22H29N3O5. The van der Waals surface area contributed by atoms with Crippen molar-refractivity contribution in [2.75, 3.05) is 34.4 Å². The zero-order valence-corrected chi connectivity index (χ0v) is 18.1. The molecule has 1 N–H and O–H groups in total. The van der Waals surface area contributed by atoms with Crippen molar-refractivity contribution >= 4 is 11.6 Å². The van der Waals surface area contributed by atoms with Crippen LogP contribution in [0.1, 0.15) is 41.4 Å². The molecule has 0 unspecified atom stereocenters. The summed E-state index contributed by atoms with van der Waals surface area (Å²) < 4.78 is 10.6. The summed E-state index contributed by atoms with van der Waals surface area (Å²) in [7, 11) is 5.24. The van der Waals surface area contributed by atoms with Crippen LogP contribution in [0.4, 0.5) is 5.69 Å². The summed E-state index contributed by atoms with van der Waals surface area (Å²) in [5.74, 6) is -0.0420. The van der Waals surface area contributed by atoms with E-state index in [0.717, 1.165) is 12.0 Å². The zero-order valence-electron chi connectivity index (χ0n) is 18.1. The number of ether oxygens (including phenoxy) is 2. The largest absolute Gasteiger partial charge is 0.493 e. The minimum absolute atomic E-state index is 0.0666. The monoisotopic (exact) mass is 415 g/mol. The number of nitrogens with zero attached hydrogens (tertiary/aromatic N) is 2. The molecular weight excluding hydrogens is 386 g/mol. The van der Waals surface area contributed by atoms with Gasteiger partial charge in [-0.25, -0.2) is 0 Å². The third-order valence-corrected chi connectivity index (χ3v) is 4.88. The molecule has 0 fully saturated rings. The molecule has 0 heterocycles. The summed E-state index contributed by atoms with van der Waals surface area (Å²) in [5.41, 5.74) is 1.89. The molecule has 8 nitrogen and oxygen atoms in total. The van der Waals surface area contributed by atoms with Crippen LogP contribution in [0.15, 0.2) is 36.4 Å². The molecule has 0 radical (unpaired) electrons. The van der Waals surface area contributed by atoms with E-state index in [2.05, 4.69) is 24.4 Å². The number of methoxy groups -OCH3 is 1. The Morgan fingerprint density at radius 2 is 1.83 bits per heavy atom. The molecule has 0 aliphatic carbocycles. The molecule has 0 spiro atoms. The quantitative estimate of drug-likeness (QED) is 0.471. The van der Waals surface area contributed by atoms with Crippen molar-refractivity contribution in [1.82, 2.24) is 10.2 Å². The predicted molar refractivity (Wildman–Crippen MR) is 115 cm³/mol. The van der Waals surface area contributed by atoms with Gasteiger partial charge in [-0.05, 0) is 38.6 Å². The number of hydrogen-bond donors (Lipinski definition) is 1. The maximum Gasteiger partial charge on any atom is 0.286 e. The standard InChI is InChI=1S/C22H29N3O5/c1-6-15-8-10-16(11-9-15)19(24(3)4)14-23-22(26)17-12-21(30-7-2)20(29-5)13-18(17)25(27)28/h8-13,19H,6-7,14H2,1-5H3,(H,23,26)/t19-/m1/s1. The minimum atomic E-state index is -0.597. The highest BCUT2D eigenvalue weighted by Gasteiger charge is 2.25. The summed E-state index contributed by atoms with van der Waals surface area (Å²) in [5, 5.41) is 14.3. The maximum atomic E-state index is 12.9. The first-order chi connectivity index (χ1) is 14.3. The van der Waals surface area contributed by atoms with Crippen LogP contribution in [-0.4, -0.2) is 50.1 Å². The van der Waals surface area contributed by atoms with Crippen molar-refractivity contribution in [3.63, 3.8) is 0 Å². The van der Waals surface area contributed by atoms with Crippen LogP contribution in [0, 0.1) is 10.1 Å². The number of aryl methyl sites for hydroxylation is 1. The number of carbonyl (C=O) groups excluding carboxylic acids is 1. The Balaban J connectivity index is 2.28. The van der Waals surface area contributed by atoms with E-state index in [9.17, 15) is 14.9 Å². The van der Waals surface area contributed by atoms with Gasteiger partial charge in [-0.15, -0.1) is 0 Å². The van der Waals surface area contributed by atoms with E-state index in [0.29, 0.717) is 13.2 Å². The van der Waals surface area contributed by atoms with Gasteiger partial charge >= 0.3 is 0 Å². The lowest BCUT2D eigenvalue weighted by atomic mass is 10.0. The van der Waals surface area contributed by atoms with Crippen molar-refractivity contribution in [1.29, 1.82) is 0 Å². The Bertz CT molecular complexity index is 881. The number of nitro benzene ring substituents is 1. The molecule has 2 rings (SSSR count). The smallest absolute Gasteiger partial charge is 0.286 e. The zero-order chi connectivity index (χ0) is 22.3. The van der Waals surface area contributed by atoms with Gasteiger partial charge in [0, 0.05) is 12.6 Å². The van der Waals surface area contributed by atoms with Gasteiger partial charge in [0.1, 0.15) is 5.56 Å². The molecule has 2 aromatic carbocycles. The number of benzene rings is 2. The van der Waals surface area contributed by atoms with Crippen LogP contribution in [0.25, 0.3) is 0 Å². The highest BCUT2D eigenvalue weighted by Crippen LogP contribution is 2.34. The lowest BCUT2D eigenvalue weighted by molar-refractivity contribution is -0.385. The molecule has 0 aliphatic rings. The molecule has 0 bridgehead atoms. The van der Waals surface area contributed by atoms with Gasteiger partial charge in [-0.3, -0.25) is 14.9 Å². The van der Waals surface area contributed by atoms with Gasteiger partial charge in [0.05, 0.1) is 30.7 Å². The van der Waals surface area contributed by atoms with Crippen LogP contribution >= 0.6 is 0 Å². The molecule has 1 atom stereocenters. The Morgan fingerprint density at radius 1 is 1.17 bits per heavy atom. The number of nitrogens with one attached hydrogen (secondary N) is 1. The van der Waals surface area contributed by atoms with Crippen LogP contribution in [0.2, 0.25) is 0 Å². The maximum absolute atomic E-state index is 12.9. The third-order valence-electron chi connectivity index (χ3n) is 4.88. The number of nitro groups is 1. The summed E-state index contributed by atoms with van der Waals surface area (Å²) in [6, 6.07) is 10.7. The van der Waals surface area contributed by atoms with E-state index in [-0.39, 0.29) is 28.8 Å². The minimum Gasteiger partial charge on any atom is -0.493 e. The van der Waals surface area contributed by atoms with E-state index in [1.54, 1.807) is 6.92 Å². The predicted octanol–water partition coefficient (Wildman–Crippen LogP) is 3.60. The van der Waals surface area contributed by atoms with Crippen molar-refractivity contribution < 1.29 is 19.2 Å². The first-order valence-electron chi connectivity index (χ1n) is 9.84. The van der Waals surface area contributed by atoms with Crippen LogP contribution in [-0.2, 0) is 6.42 Å². The Labute approximate surface area is 176 Å². The molecule has 0 aromatic heterocycles. The van der Waals surface area contributed by atoms with Gasteiger partial charge in [0.15, 0.2) is 11.5 Å². The van der Waals surface area contributed by atoms with E-state index < -0.39 is 10.8 Å². The third kappa shape index (κ3) is 5.48. The second-order valence-corrected chi connectivity index (χ2v) is 6.99. The fourth-order valence-electron chi connectivity index (χ4n) is 3.17. The molecule has 2 aromatic rings.